The summed E-state index contributed by atoms with van der Waals surface area (Å²) in [6, 6.07) is 5.21. The highest BCUT2D eigenvalue weighted by atomic mass is 79.9. The number of halogens is 2. The second-order valence-corrected chi connectivity index (χ2v) is 5.21. The summed E-state index contributed by atoms with van der Waals surface area (Å²) in [6.07, 6.45) is 0. The highest BCUT2D eigenvalue weighted by Crippen LogP contribution is 2.17. The molecule has 21 heavy (non-hydrogen) atoms. The molecule has 0 aliphatic rings. The standard InChI is InChI=1S/C14H12BrFN2O3/c1-7-5-11(8(2)21-7)14(20)18-17-13(19)10-4-3-9(16)6-12(10)15/h3-6H,1-2H3,(H,17,19)(H,18,20). The number of benzene rings is 1. The molecule has 2 aromatic rings. The summed E-state index contributed by atoms with van der Waals surface area (Å²) in [5, 5.41) is 0. The van der Waals surface area contributed by atoms with E-state index in [1.54, 1.807) is 19.9 Å². The van der Waals surface area contributed by atoms with Crippen LogP contribution in [-0.2, 0) is 0 Å². The van der Waals surface area contributed by atoms with Gasteiger partial charge in [-0.25, -0.2) is 4.39 Å². The Morgan fingerprint density at radius 1 is 1.10 bits per heavy atom. The van der Waals surface area contributed by atoms with Crippen LogP contribution >= 0.6 is 15.9 Å². The number of hydrazine groups is 1. The number of rotatable bonds is 2. The van der Waals surface area contributed by atoms with Crippen LogP contribution in [0.25, 0.3) is 0 Å². The third-order valence-electron chi connectivity index (χ3n) is 2.75. The van der Waals surface area contributed by atoms with Crippen molar-refractivity contribution in [2.24, 2.45) is 0 Å². The third-order valence-corrected chi connectivity index (χ3v) is 3.41. The zero-order valence-corrected chi connectivity index (χ0v) is 12.9. The smallest absolute Gasteiger partial charge is 0.273 e. The van der Waals surface area contributed by atoms with Gasteiger partial charge in [-0.1, -0.05) is 0 Å². The Bertz CT molecular complexity index is 712. The van der Waals surface area contributed by atoms with E-state index < -0.39 is 17.6 Å². The number of aryl methyl sites for hydroxylation is 2. The van der Waals surface area contributed by atoms with E-state index >= 15 is 0 Å². The van der Waals surface area contributed by atoms with Gasteiger partial charge in [0.2, 0.25) is 0 Å². The van der Waals surface area contributed by atoms with Gasteiger partial charge in [0.15, 0.2) is 0 Å². The minimum absolute atomic E-state index is 0.205. The number of hydrogen-bond acceptors (Lipinski definition) is 3. The predicted octanol–water partition coefficient (Wildman–Crippen LogP) is 2.87. The number of furan rings is 1. The average Bonchev–Trinajstić information content (AvgIpc) is 2.74. The van der Waals surface area contributed by atoms with Crippen LogP contribution in [0.5, 0.6) is 0 Å². The summed E-state index contributed by atoms with van der Waals surface area (Å²) in [5.41, 5.74) is 5.09. The molecule has 2 amide bonds. The summed E-state index contributed by atoms with van der Waals surface area (Å²) < 4.78 is 18.5. The maximum absolute atomic E-state index is 13.0. The van der Waals surface area contributed by atoms with Crippen LogP contribution < -0.4 is 10.9 Å². The van der Waals surface area contributed by atoms with E-state index in [1.807, 2.05) is 0 Å². The monoisotopic (exact) mass is 354 g/mol. The zero-order valence-electron chi connectivity index (χ0n) is 11.3. The first-order valence-electron chi connectivity index (χ1n) is 6.01. The Hall–Kier alpha value is -2.15. The maximum atomic E-state index is 13.0. The molecule has 1 aromatic carbocycles. The quantitative estimate of drug-likeness (QED) is 0.814. The number of nitrogens with one attached hydrogen (secondary N) is 2. The van der Waals surface area contributed by atoms with E-state index in [0.717, 1.165) is 6.07 Å². The highest BCUT2D eigenvalue weighted by molar-refractivity contribution is 9.10. The van der Waals surface area contributed by atoms with Crippen LogP contribution in [0, 0.1) is 19.7 Å². The zero-order chi connectivity index (χ0) is 15.6. The molecule has 0 saturated carbocycles. The lowest BCUT2D eigenvalue weighted by Gasteiger charge is -2.08. The largest absolute Gasteiger partial charge is 0.466 e. The molecule has 0 bridgehead atoms. The summed E-state index contributed by atoms with van der Waals surface area (Å²) in [4.78, 5) is 23.8. The van der Waals surface area contributed by atoms with Crippen LogP contribution in [0.4, 0.5) is 4.39 Å². The van der Waals surface area contributed by atoms with Crippen molar-refractivity contribution in [1.29, 1.82) is 0 Å². The number of amides is 2. The van der Waals surface area contributed by atoms with E-state index in [0.29, 0.717) is 21.6 Å². The van der Waals surface area contributed by atoms with Gasteiger partial charge in [0.25, 0.3) is 11.8 Å². The fraction of sp³-hybridized carbons (Fsp3) is 0.143. The lowest BCUT2D eigenvalue weighted by atomic mass is 10.2. The first-order chi connectivity index (χ1) is 9.88. The van der Waals surface area contributed by atoms with Gasteiger partial charge in [-0.15, -0.1) is 0 Å². The summed E-state index contributed by atoms with van der Waals surface area (Å²) in [7, 11) is 0. The molecule has 0 aliphatic heterocycles. The van der Waals surface area contributed by atoms with Crippen molar-refractivity contribution < 1.29 is 18.4 Å². The van der Waals surface area contributed by atoms with Crippen molar-refractivity contribution in [2.75, 3.05) is 0 Å². The second-order valence-electron chi connectivity index (χ2n) is 4.36. The van der Waals surface area contributed by atoms with E-state index in [-0.39, 0.29) is 5.56 Å². The minimum atomic E-state index is -0.562. The molecule has 0 saturated heterocycles. The summed E-state index contributed by atoms with van der Waals surface area (Å²) >= 11 is 3.09. The first-order valence-corrected chi connectivity index (χ1v) is 6.80. The lowest BCUT2D eigenvalue weighted by molar-refractivity contribution is 0.0845. The molecule has 7 heteroatoms. The van der Waals surface area contributed by atoms with Crippen molar-refractivity contribution in [2.45, 2.75) is 13.8 Å². The van der Waals surface area contributed by atoms with Gasteiger partial charge in [0, 0.05) is 4.47 Å². The Balaban J connectivity index is 2.04. The second kappa shape index (κ2) is 6.09. The maximum Gasteiger partial charge on any atom is 0.273 e. The topological polar surface area (TPSA) is 71.3 Å². The highest BCUT2D eigenvalue weighted by Gasteiger charge is 2.15. The summed E-state index contributed by atoms with van der Waals surface area (Å²) in [5.74, 6) is -0.455. The van der Waals surface area contributed by atoms with Gasteiger partial charge < -0.3 is 4.42 Å². The summed E-state index contributed by atoms with van der Waals surface area (Å²) in [6.45, 7) is 3.37. The number of carbonyl (C=O) groups excluding carboxylic acids is 2. The lowest BCUT2D eigenvalue weighted by Crippen LogP contribution is -2.41. The molecular weight excluding hydrogens is 343 g/mol. The van der Waals surface area contributed by atoms with Crippen molar-refractivity contribution >= 4 is 27.7 Å². The number of carbonyl (C=O) groups is 2. The average molecular weight is 355 g/mol. The van der Waals surface area contributed by atoms with Gasteiger partial charge >= 0.3 is 0 Å². The molecule has 0 radical (unpaired) electrons. The normalized spacial score (nSPS) is 10.3. The van der Waals surface area contributed by atoms with Crippen LogP contribution in [-0.4, -0.2) is 11.8 Å². The van der Waals surface area contributed by atoms with Gasteiger partial charge in [0.05, 0.1) is 11.1 Å². The Morgan fingerprint density at radius 3 is 2.24 bits per heavy atom. The third kappa shape index (κ3) is 3.49. The Kier molecular flexibility index (Phi) is 4.42. The molecule has 5 nitrogen and oxygen atoms in total. The van der Waals surface area contributed by atoms with Crippen LogP contribution in [0.3, 0.4) is 0 Å². The molecule has 0 unspecified atom stereocenters. The molecule has 2 N–H and O–H groups in total. The van der Waals surface area contributed by atoms with Crippen molar-refractivity contribution in [3.8, 4) is 0 Å². The van der Waals surface area contributed by atoms with Gasteiger partial charge in [0.1, 0.15) is 17.3 Å². The van der Waals surface area contributed by atoms with Gasteiger partial charge in [-0.3, -0.25) is 20.4 Å². The Morgan fingerprint density at radius 2 is 1.71 bits per heavy atom. The molecule has 2 rings (SSSR count). The molecule has 1 heterocycles. The van der Waals surface area contributed by atoms with Crippen LogP contribution in [0.1, 0.15) is 32.2 Å². The van der Waals surface area contributed by atoms with E-state index in [4.69, 9.17) is 4.42 Å². The van der Waals surface area contributed by atoms with Crippen molar-refractivity contribution in [3.63, 3.8) is 0 Å². The molecule has 1 aromatic heterocycles. The van der Waals surface area contributed by atoms with E-state index in [9.17, 15) is 14.0 Å². The predicted molar refractivity (Wildman–Crippen MR) is 77.2 cm³/mol. The molecule has 0 spiro atoms. The minimum Gasteiger partial charge on any atom is -0.466 e. The molecule has 0 atom stereocenters. The van der Waals surface area contributed by atoms with Gasteiger partial charge in [-0.2, -0.15) is 0 Å². The van der Waals surface area contributed by atoms with Crippen LogP contribution in [0.2, 0.25) is 0 Å². The Labute approximate surface area is 128 Å². The fourth-order valence-electron chi connectivity index (χ4n) is 1.78. The van der Waals surface area contributed by atoms with Crippen molar-refractivity contribution in [3.05, 3.63) is 57.2 Å². The first kappa shape index (κ1) is 15.2. The molecule has 0 fully saturated rings. The van der Waals surface area contributed by atoms with E-state index in [2.05, 4.69) is 26.8 Å². The van der Waals surface area contributed by atoms with Gasteiger partial charge in [-0.05, 0) is 54.0 Å². The molecule has 0 aliphatic carbocycles. The fourth-order valence-corrected chi connectivity index (χ4v) is 2.31. The molecule has 110 valence electrons. The number of hydrogen-bond donors (Lipinski definition) is 2. The molecular formula is C14H12BrFN2O3. The van der Waals surface area contributed by atoms with Crippen LogP contribution in [0.15, 0.2) is 33.2 Å². The SMILES string of the molecule is Cc1cc(C(=O)NNC(=O)c2ccc(F)cc2Br)c(C)o1. The van der Waals surface area contributed by atoms with E-state index in [1.165, 1.54) is 12.1 Å². The van der Waals surface area contributed by atoms with Crippen molar-refractivity contribution in [1.82, 2.24) is 10.9 Å².